The number of rotatable bonds is 5. The van der Waals surface area contributed by atoms with Crippen molar-refractivity contribution in [2.24, 2.45) is 0 Å². The number of anilines is 2. The molecule has 0 bridgehead atoms. The van der Waals surface area contributed by atoms with Gasteiger partial charge in [0.25, 0.3) is 0 Å². The van der Waals surface area contributed by atoms with Crippen LogP contribution >= 0.6 is 0 Å². The van der Waals surface area contributed by atoms with E-state index in [9.17, 15) is 0 Å². The lowest BCUT2D eigenvalue weighted by molar-refractivity contribution is 0.183. The molecule has 0 radical (unpaired) electrons. The van der Waals surface area contributed by atoms with Crippen LogP contribution in [0.4, 0.5) is 11.4 Å². The lowest BCUT2D eigenvalue weighted by atomic mass is 10.2. The van der Waals surface area contributed by atoms with Crippen LogP contribution in [-0.4, -0.2) is 17.8 Å². The van der Waals surface area contributed by atoms with Gasteiger partial charge in [0.1, 0.15) is 0 Å². The molecule has 3 nitrogen and oxygen atoms in total. The van der Waals surface area contributed by atoms with Crippen LogP contribution in [0.15, 0.2) is 18.2 Å². The smallest absolute Gasteiger partial charge is 0.0576 e. The summed E-state index contributed by atoms with van der Waals surface area (Å²) in [6.07, 6.45) is 1.55. The summed E-state index contributed by atoms with van der Waals surface area (Å²) in [5.41, 5.74) is 8.78. The zero-order valence-electron chi connectivity index (χ0n) is 9.46. The van der Waals surface area contributed by atoms with Crippen LogP contribution in [0.1, 0.15) is 25.3 Å². The summed E-state index contributed by atoms with van der Waals surface area (Å²) in [4.78, 5) is 0. The number of aliphatic hydroxyl groups is 1. The number of benzene rings is 1. The molecule has 1 aromatic carbocycles. The second-order valence-electron chi connectivity index (χ2n) is 4.01. The number of aliphatic hydroxyl groups excluding tert-OH is 1. The van der Waals surface area contributed by atoms with E-state index in [0.717, 1.165) is 30.8 Å². The van der Waals surface area contributed by atoms with Gasteiger partial charge in [0, 0.05) is 6.54 Å². The van der Waals surface area contributed by atoms with E-state index >= 15 is 0 Å². The molecule has 0 aromatic heterocycles. The molecule has 0 aliphatic carbocycles. The summed E-state index contributed by atoms with van der Waals surface area (Å²) >= 11 is 0. The third kappa shape index (κ3) is 4.21. The van der Waals surface area contributed by atoms with Gasteiger partial charge in [-0.1, -0.05) is 6.07 Å². The van der Waals surface area contributed by atoms with E-state index in [1.54, 1.807) is 6.92 Å². The third-order valence-electron chi connectivity index (χ3n) is 2.32. The van der Waals surface area contributed by atoms with Crippen LogP contribution in [0, 0.1) is 6.92 Å². The molecule has 0 amide bonds. The largest absolute Gasteiger partial charge is 0.397 e. The van der Waals surface area contributed by atoms with Crippen molar-refractivity contribution in [3.05, 3.63) is 23.8 Å². The average molecular weight is 208 g/mol. The molecule has 0 heterocycles. The van der Waals surface area contributed by atoms with Crippen molar-refractivity contribution in [1.29, 1.82) is 0 Å². The molecule has 4 N–H and O–H groups in total. The van der Waals surface area contributed by atoms with Crippen molar-refractivity contribution < 1.29 is 5.11 Å². The van der Waals surface area contributed by atoms with E-state index in [4.69, 9.17) is 10.8 Å². The molecule has 1 unspecified atom stereocenters. The first-order chi connectivity index (χ1) is 7.09. The van der Waals surface area contributed by atoms with Crippen molar-refractivity contribution in [1.82, 2.24) is 0 Å². The maximum atomic E-state index is 9.10. The lowest BCUT2D eigenvalue weighted by Gasteiger charge is -2.10. The molecular weight excluding hydrogens is 188 g/mol. The minimum atomic E-state index is -0.221. The number of nitrogen functional groups attached to an aromatic ring is 1. The van der Waals surface area contributed by atoms with Crippen LogP contribution in [0.25, 0.3) is 0 Å². The number of nitrogens with one attached hydrogen (secondary N) is 1. The van der Waals surface area contributed by atoms with Crippen molar-refractivity contribution >= 4 is 11.4 Å². The van der Waals surface area contributed by atoms with Gasteiger partial charge in [-0.15, -0.1) is 0 Å². The molecule has 1 atom stereocenters. The number of aryl methyl sites for hydroxylation is 1. The highest BCUT2D eigenvalue weighted by Crippen LogP contribution is 2.19. The second-order valence-corrected chi connectivity index (χ2v) is 4.01. The minimum Gasteiger partial charge on any atom is -0.397 e. The Morgan fingerprint density at radius 3 is 2.87 bits per heavy atom. The van der Waals surface area contributed by atoms with E-state index < -0.39 is 0 Å². The summed E-state index contributed by atoms with van der Waals surface area (Å²) in [7, 11) is 0. The second kappa shape index (κ2) is 5.61. The number of hydrogen-bond donors (Lipinski definition) is 3. The summed E-state index contributed by atoms with van der Waals surface area (Å²) in [5.74, 6) is 0. The van der Waals surface area contributed by atoms with E-state index in [2.05, 4.69) is 5.32 Å². The van der Waals surface area contributed by atoms with Crippen molar-refractivity contribution in [3.63, 3.8) is 0 Å². The van der Waals surface area contributed by atoms with Gasteiger partial charge in [0.15, 0.2) is 0 Å². The van der Waals surface area contributed by atoms with Crippen LogP contribution in [0.5, 0.6) is 0 Å². The maximum absolute atomic E-state index is 9.10. The summed E-state index contributed by atoms with van der Waals surface area (Å²) in [5, 5.41) is 12.4. The van der Waals surface area contributed by atoms with E-state index in [1.807, 2.05) is 25.1 Å². The first kappa shape index (κ1) is 11.9. The van der Waals surface area contributed by atoms with E-state index in [-0.39, 0.29) is 6.10 Å². The Labute approximate surface area is 91.3 Å². The molecule has 0 spiro atoms. The molecular formula is C12H20N2O. The van der Waals surface area contributed by atoms with Crippen LogP contribution in [0.3, 0.4) is 0 Å². The van der Waals surface area contributed by atoms with Gasteiger partial charge in [-0.3, -0.25) is 0 Å². The SMILES string of the molecule is Cc1ccc(N)c(NCCCC(C)O)c1. The quantitative estimate of drug-likeness (QED) is 0.513. The molecule has 0 saturated heterocycles. The molecule has 0 saturated carbocycles. The maximum Gasteiger partial charge on any atom is 0.0576 e. The monoisotopic (exact) mass is 208 g/mol. The molecule has 3 heteroatoms. The van der Waals surface area contributed by atoms with Gasteiger partial charge in [-0.2, -0.15) is 0 Å². The molecule has 15 heavy (non-hydrogen) atoms. The van der Waals surface area contributed by atoms with Gasteiger partial charge < -0.3 is 16.2 Å². The fraction of sp³-hybridized carbons (Fsp3) is 0.500. The Bertz CT molecular complexity index is 310. The van der Waals surface area contributed by atoms with Crippen LogP contribution in [0.2, 0.25) is 0 Å². The van der Waals surface area contributed by atoms with Gasteiger partial charge >= 0.3 is 0 Å². The number of hydrogen-bond acceptors (Lipinski definition) is 3. The molecule has 1 aromatic rings. The Morgan fingerprint density at radius 2 is 2.20 bits per heavy atom. The normalized spacial score (nSPS) is 12.5. The standard InChI is InChI=1S/C12H20N2O/c1-9-5-6-11(13)12(8-9)14-7-3-4-10(2)15/h5-6,8,10,14-15H,3-4,7,13H2,1-2H3. The molecule has 84 valence electrons. The summed E-state index contributed by atoms with van der Waals surface area (Å²) in [6, 6.07) is 5.94. The zero-order valence-corrected chi connectivity index (χ0v) is 9.46. The van der Waals surface area contributed by atoms with Gasteiger partial charge in [0.05, 0.1) is 17.5 Å². The highest BCUT2D eigenvalue weighted by molar-refractivity contribution is 5.66. The van der Waals surface area contributed by atoms with Gasteiger partial charge in [-0.25, -0.2) is 0 Å². The highest BCUT2D eigenvalue weighted by atomic mass is 16.3. The highest BCUT2D eigenvalue weighted by Gasteiger charge is 1.99. The van der Waals surface area contributed by atoms with Crippen molar-refractivity contribution in [2.45, 2.75) is 32.8 Å². The Balaban J connectivity index is 2.40. The zero-order chi connectivity index (χ0) is 11.3. The van der Waals surface area contributed by atoms with Gasteiger partial charge in [0.2, 0.25) is 0 Å². The third-order valence-corrected chi connectivity index (χ3v) is 2.32. The van der Waals surface area contributed by atoms with Crippen LogP contribution < -0.4 is 11.1 Å². The topological polar surface area (TPSA) is 58.3 Å². The molecule has 0 aliphatic heterocycles. The van der Waals surface area contributed by atoms with Crippen LogP contribution in [-0.2, 0) is 0 Å². The lowest BCUT2D eigenvalue weighted by Crippen LogP contribution is -2.07. The van der Waals surface area contributed by atoms with E-state index in [1.165, 1.54) is 5.56 Å². The molecule has 0 aliphatic rings. The Kier molecular flexibility index (Phi) is 4.43. The van der Waals surface area contributed by atoms with Crippen molar-refractivity contribution in [2.75, 3.05) is 17.6 Å². The Hall–Kier alpha value is -1.22. The van der Waals surface area contributed by atoms with E-state index in [0.29, 0.717) is 0 Å². The molecule has 1 rings (SSSR count). The number of nitrogens with two attached hydrogens (primary N) is 1. The first-order valence-electron chi connectivity index (χ1n) is 5.37. The predicted octanol–water partition coefficient (Wildman–Crippen LogP) is 2.15. The Morgan fingerprint density at radius 1 is 1.47 bits per heavy atom. The summed E-state index contributed by atoms with van der Waals surface area (Å²) < 4.78 is 0. The van der Waals surface area contributed by atoms with Crippen molar-refractivity contribution in [3.8, 4) is 0 Å². The fourth-order valence-corrected chi connectivity index (χ4v) is 1.44. The summed E-state index contributed by atoms with van der Waals surface area (Å²) in [6.45, 7) is 4.69. The van der Waals surface area contributed by atoms with Gasteiger partial charge in [-0.05, 0) is 44.4 Å². The minimum absolute atomic E-state index is 0.221. The predicted molar refractivity (Wildman–Crippen MR) is 65.0 cm³/mol. The first-order valence-corrected chi connectivity index (χ1v) is 5.37. The fourth-order valence-electron chi connectivity index (χ4n) is 1.44. The average Bonchev–Trinajstić information content (AvgIpc) is 2.17. The molecule has 0 fully saturated rings.